The normalized spacial score (nSPS) is 11.3. The Hall–Kier alpha value is -1.77. The van der Waals surface area contributed by atoms with Crippen molar-refractivity contribution in [3.05, 3.63) is 30.7 Å². The molecular weight excluding hydrogens is 154 g/mol. The van der Waals surface area contributed by atoms with Crippen LogP contribution in [-0.4, -0.2) is 5.16 Å². The van der Waals surface area contributed by atoms with E-state index >= 15 is 0 Å². The molecule has 2 aromatic heterocycles. The van der Waals surface area contributed by atoms with Crippen LogP contribution in [0.4, 0.5) is 0 Å². The number of nitrogens with zero attached hydrogens (tertiary/aromatic N) is 1. The smallest absolute Gasteiger partial charge is 0.136 e. The molecule has 1 aromatic carbocycles. The van der Waals surface area contributed by atoms with Gasteiger partial charge in [-0.15, -0.1) is 0 Å². The van der Waals surface area contributed by atoms with Crippen LogP contribution in [0.25, 0.3) is 21.9 Å². The van der Waals surface area contributed by atoms with Crippen LogP contribution < -0.4 is 0 Å². The largest absolute Gasteiger partial charge is 0.464 e. The van der Waals surface area contributed by atoms with E-state index in [-0.39, 0.29) is 0 Å². The monoisotopic (exact) mass is 159 g/mol. The van der Waals surface area contributed by atoms with Crippen molar-refractivity contribution in [2.24, 2.45) is 0 Å². The molecule has 2 heterocycles. The molecule has 0 aliphatic rings. The van der Waals surface area contributed by atoms with Crippen molar-refractivity contribution >= 4 is 21.9 Å². The van der Waals surface area contributed by atoms with Crippen LogP contribution in [0.2, 0.25) is 0 Å². The lowest BCUT2D eigenvalue weighted by molar-refractivity contribution is 0.428. The van der Waals surface area contributed by atoms with Crippen molar-refractivity contribution in [2.45, 2.75) is 0 Å². The standard InChI is InChI=1S/C9H5NO2/c1-2-8-7(3-4-11-8)9-6(1)5-12-10-9/h1-5H. The molecule has 0 spiro atoms. The highest BCUT2D eigenvalue weighted by molar-refractivity contribution is 6.02. The van der Waals surface area contributed by atoms with Crippen LogP contribution in [0.15, 0.2) is 39.7 Å². The average Bonchev–Trinajstić information content (AvgIpc) is 2.71. The molecule has 58 valence electrons. The molecule has 0 saturated heterocycles. The minimum absolute atomic E-state index is 0.844. The fourth-order valence-corrected chi connectivity index (χ4v) is 1.38. The van der Waals surface area contributed by atoms with Gasteiger partial charge < -0.3 is 8.94 Å². The zero-order valence-electron chi connectivity index (χ0n) is 6.15. The van der Waals surface area contributed by atoms with Gasteiger partial charge in [0, 0.05) is 5.39 Å². The Morgan fingerprint density at radius 3 is 3.17 bits per heavy atom. The van der Waals surface area contributed by atoms with Crippen LogP contribution in [0, 0.1) is 0 Å². The van der Waals surface area contributed by atoms with Gasteiger partial charge in [0.25, 0.3) is 0 Å². The van der Waals surface area contributed by atoms with E-state index in [0.717, 1.165) is 21.9 Å². The van der Waals surface area contributed by atoms with Crippen molar-refractivity contribution in [2.75, 3.05) is 0 Å². The molecule has 0 atom stereocenters. The van der Waals surface area contributed by atoms with Gasteiger partial charge in [-0.1, -0.05) is 5.16 Å². The second-order valence-electron chi connectivity index (χ2n) is 2.65. The first-order valence-corrected chi connectivity index (χ1v) is 3.65. The maximum absolute atomic E-state index is 5.21. The number of hydrogen-bond acceptors (Lipinski definition) is 3. The Morgan fingerprint density at radius 1 is 1.17 bits per heavy atom. The lowest BCUT2D eigenvalue weighted by atomic mass is 10.2. The topological polar surface area (TPSA) is 39.2 Å². The van der Waals surface area contributed by atoms with Crippen LogP contribution in [0.1, 0.15) is 0 Å². The van der Waals surface area contributed by atoms with Gasteiger partial charge in [-0.25, -0.2) is 0 Å². The van der Waals surface area contributed by atoms with Gasteiger partial charge >= 0.3 is 0 Å². The van der Waals surface area contributed by atoms with E-state index < -0.39 is 0 Å². The highest BCUT2D eigenvalue weighted by atomic mass is 16.5. The molecule has 0 N–H and O–H groups in total. The Kier molecular flexibility index (Phi) is 0.913. The summed E-state index contributed by atoms with van der Waals surface area (Å²) in [5.41, 5.74) is 1.71. The second kappa shape index (κ2) is 1.88. The molecule has 3 heteroatoms. The quantitative estimate of drug-likeness (QED) is 0.506. The summed E-state index contributed by atoms with van der Waals surface area (Å²) in [5.74, 6) is 0. The number of hydrogen-bond donors (Lipinski definition) is 0. The van der Waals surface area contributed by atoms with E-state index in [1.807, 2.05) is 18.2 Å². The number of aromatic nitrogens is 1. The van der Waals surface area contributed by atoms with Gasteiger partial charge in [0.15, 0.2) is 0 Å². The third kappa shape index (κ3) is 0.580. The van der Waals surface area contributed by atoms with Crippen molar-refractivity contribution < 1.29 is 8.94 Å². The van der Waals surface area contributed by atoms with Crippen molar-refractivity contribution in [3.8, 4) is 0 Å². The number of rotatable bonds is 0. The predicted molar refractivity (Wildman–Crippen MR) is 43.8 cm³/mol. The van der Waals surface area contributed by atoms with Gasteiger partial charge in [-0.05, 0) is 18.2 Å². The second-order valence-corrected chi connectivity index (χ2v) is 2.65. The molecule has 3 nitrogen and oxygen atoms in total. The van der Waals surface area contributed by atoms with Crippen molar-refractivity contribution in [1.82, 2.24) is 5.16 Å². The SMILES string of the molecule is c1cc2c(ccc3conc32)o1. The molecule has 0 unspecified atom stereocenters. The first-order chi connectivity index (χ1) is 5.95. The Labute approximate surface area is 67.6 Å². The van der Waals surface area contributed by atoms with Crippen LogP contribution in [-0.2, 0) is 0 Å². The number of fused-ring (bicyclic) bond motifs is 3. The third-order valence-corrected chi connectivity index (χ3v) is 1.96. The number of furan rings is 1. The fraction of sp³-hybridized carbons (Fsp3) is 0. The van der Waals surface area contributed by atoms with Crippen LogP contribution in [0.3, 0.4) is 0 Å². The summed E-state index contributed by atoms with van der Waals surface area (Å²) in [6.07, 6.45) is 3.28. The van der Waals surface area contributed by atoms with Crippen LogP contribution >= 0.6 is 0 Å². The van der Waals surface area contributed by atoms with E-state index in [2.05, 4.69) is 5.16 Å². The first-order valence-electron chi connectivity index (χ1n) is 3.65. The Balaban J connectivity index is 2.71. The zero-order chi connectivity index (χ0) is 7.97. The van der Waals surface area contributed by atoms with Gasteiger partial charge in [-0.3, -0.25) is 0 Å². The molecular formula is C9H5NO2. The van der Waals surface area contributed by atoms with Gasteiger partial charge in [0.05, 0.1) is 11.6 Å². The lowest BCUT2D eigenvalue weighted by Gasteiger charge is -1.86. The van der Waals surface area contributed by atoms with Crippen molar-refractivity contribution in [1.29, 1.82) is 0 Å². The molecule has 0 fully saturated rings. The summed E-state index contributed by atoms with van der Waals surface area (Å²) in [5, 5.41) is 5.89. The van der Waals surface area contributed by atoms with Crippen molar-refractivity contribution in [3.63, 3.8) is 0 Å². The summed E-state index contributed by atoms with van der Waals surface area (Å²) in [6.45, 7) is 0. The van der Waals surface area contributed by atoms with Crippen LogP contribution in [0.5, 0.6) is 0 Å². The molecule has 3 rings (SSSR count). The van der Waals surface area contributed by atoms with E-state index in [0.29, 0.717) is 0 Å². The third-order valence-electron chi connectivity index (χ3n) is 1.96. The summed E-state index contributed by atoms with van der Waals surface area (Å²) in [7, 11) is 0. The molecule has 0 aliphatic carbocycles. The first kappa shape index (κ1) is 5.83. The summed E-state index contributed by atoms with van der Waals surface area (Å²) < 4.78 is 10.1. The highest BCUT2D eigenvalue weighted by Crippen LogP contribution is 2.24. The maximum Gasteiger partial charge on any atom is 0.136 e. The van der Waals surface area contributed by atoms with Gasteiger partial charge in [0.1, 0.15) is 17.4 Å². The minimum Gasteiger partial charge on any atom is -0.464 e. The molecule has 3 aromatic rings. The average molecular weight is 159 g/mol. The fourth-order valence-electron chi connectivity index (χ4n) is 1.38. The molecule has 12 heavy (non-hydrogen) atoms. The zero-order valence-corrected chi connectivity index (χ0v) is 6.15. The molecule has 0 saturated carbocycles. The Bertz CT molecular complexity index is 486. The Morgan fingerprint density at radius 2 is 2.17 bits per heavy atom. The van der Waals surface area contributed by atoms with E-state index in [1.54, 1.807) is 12.5 Å². The molecule has 0 radical (unpaired) electrons. The molecule has 0 aliphatic heterocycles. The van der Waals surface area contributed by atoms with Gasteiger partial charge in [-0.2, -0.15) is 0 Å². The molecule has 0 amide bonds. The lowest BCUT2D eigenvalue weighted by Crippen LogP contribution is -1.67. The van der Waals surface area contributed by atoms with Gasteiger partial charge in [0.2, 0.25) is 0 Å². The highest BCUT2D eigenvalue weighted by Gasteiger charge is 2.04. The molecule has 0 bridgehead atoms. The minimum atomic E-state index is 0.844. The predicted octanol–water partition coefficient (Wildman–Crippen LogP) is 2.57. The summed E-state index contributed by atoms with van der Waals surface area (Å²) >= 11 is 0. The number of benzene rings is 1. The van der Waals surface area contributed by atoms with E-state index in [4.69, 9.17) is 8.94 Å². The van der Waals surface area contributed by atoms with E-state index in [9.17, 15) is 0 Å². The summed E-state index contributed by atoms with van der Waals surface area (Å²) in [4.78, 5) is 0. The summed E-state index contributed by atoms with van der Waals surface area (Å²) in [6, 6.07) is 5.73. The van der Waals surface area contributed by atoms with E-state index in [1.165, 1.54) is 0 Å². The maximum atomic E-state index is 5.21.